The van der Waals surface area contributed by atoms with Crippen LogP contribution in [-0.4, -0.2) is 20.1 Å². The predicted molar refractivity (Wildman–Crippen MR) is 75.1 cm³/mol. The molecule has 1 rings (SSSR count). The van der Waals surface area contributed by atoms with Gasteiger partial charge in [-0.25, -0.2) is 0 Å². The Labute approximate surface area is 107 Å². The molecule has 1 aromatic rings. The van der Waals surface area contributed by atoms with E-state index in [1.807, 2.05) is 0 Å². The molecule has 0 aliphatic rings. The molecule has 0 unspecified atom stereocenters. The van der Waals surface area contributed by atoms with Gasteiger partial charge in [0.2, 0.25) is 0 Å². The van der Waals surface area contributed by atoms with E-state index >= 15 is 0 Å². The van der Waals surface area contributed by atoms with Crippen molar-refractivity contribution >= 4 is 21.6 Å². The highest BCUT2D eigenvalue weighted by molar-refractivity contribution is 9.10. The van der Waals surface area contributed by atoms with Gasteiger partial charge in [0.15, 0.2) is 0 Å². The van der Waals surface area contributed by atoms with Crippen LogP contribution in [0.3, 0.4) is 0 Å². The molecule has 2 N–H and O–H groups in total. The van der Waals surface area contributed by atoms with Gasteiger partial charge in [-0.15, -0.1) is 0 Å². The Morgan fingerprint density at radius 3 is 2.69 bits per heavy atom. The fraction of sp³-hybridized carbons (Fsp3) is 0.538. The first kappa shape index (κ1) is 13.5. The number of nitrogens with two attached hydrogens (primary N) is 1. The molecule has 0 aliphatic carbocycles. The summed E-state index contributed by atoms with van der Waals surface area (Å²) in [5, 5.41) is 0. The molecule has 0 amide bonds. The van der Waals surface area contributed by atoms with Crippen LogP contribution >= 0.6 is 15.9 Å². The standard InChI is InChI=1S/C13H21BrN2/c1-3-4-9-16(2)13-6-5-11(7-8-15)10-12(13)14/h5-6,10H,3-4,7-9,15H2,1-2H3. The van der Waals surface area contributed by atoms with Gasteiger partial charge < -0.3 is 10.6 Å². The predicted octanol–water partition coefficient (Wildman–Crippen LogP) is 3.19. The minimum atomic E-state index is 0.706. The lowest BCUT2D eigenvalue weighted by molar-refractivity contribution is 0.765. The van der Waals surface area contributed by atoms with E-state index in [-0.39, 0.29) is 0 Å². The van der Waals surface area contributed by atoms with Crippen molar-refractivity contribution in [3.63, 3.8) is 0 Å². The molecule has 0 saturated heterocycles. The minimum Gasteiger partial charge on any atom is -0.374 e. The topological polar surface area (TPSA) is 29.3 Å². The lowest BCUT2D eigenvalue weighted by Crippen LogP contribution is -2.18. The molecular weight excluding hydrogens is 264 g/mol. The van der Waals surface area contributed by atoms with Gasteiger partial charge in [-0.2, -0.15) is 0 Å². The summed E-state index contributed by atoms with van der Waals surface area (Å²) < 4.78 is 1.16. The average molecular weight is 285 g/mol. The monoisotopic (exact) mass is 284 g/mol. The van der Waals surface area contributed by atoms with Crippen molar-refractivity contribution in [2.45, 2.75) is 26.2 Å². The van der Waals surface area contributed by atoms with Crippen LogP contribution in [0.5, 0.6) is 0 Å². The number of halogens is 1. The Balaban J connectivity index is 2.73. The Kier molecular flexibility index (Phi) is 5.85. The summed E-state index contributed by atoms with van der Waals surface area (Å²) in [4.78, 5) is 2.29. The Morgan fingerprint density at radius 1 is 1.38 bits per heavy atom. The van der Waals surface area contributed by atoms with Crippen LogP contribution in [0.2, 0.25) is 0 Å². The van der Waals surface area contributed by atoms with Crippen molar-refractivity contribution in [2.75, 3.05) is 25.0 Å². The maximum atomic E-state index is 5.55. The molecule has 0 heterocycles. The molecule has 0 aromatic heterocycles. The first-order chi connectivity index (χ1) is 7.69. The smallest absolute Gasteiger partial charge is 0.0508 e. The highest BCUT2D eigenvalue weighted by atomic mass is 79.9. The van der Waals surface area contributed by atoms with Gasteiger partial charge in [0, 0.05) is 18.1 Å². The van der Waals surface area contributed by atoms with Crippen LogP contribution in [0.25, 0.3) is 0 Å². The summed E-state index contributed by atoms with van der Waals surface area (Å²) in [5.41, 5.74) is 8.10. The highest BCUT2D eigenvalue weighted by Gasteiger charge is 2.05. The number of rotatable bonds is 6. The summed E-state index contributed by atoms with van der Waals surface area (Å²) >= 11 is 3.63. The lowest BCUT2D eigenvalue weighted by Gasteiger charge is -2.21. The van der Waals surface area contributed by atoms with Gasteiger partial charge in [0.1, 0.15) is 0 Å². The molecule has 0 aliphatic heterocycles. The highest BCUT2D eigenvalue weighted by Crippen LogP contribution is 2.26. The van der Waals surface area contributed by atoms with Crippen molar-refractivity contribution < 1.29 is 0 Å². The number of hydrogen-bond acceptors (Lipinski definition) is 2. The second-order valence-corrected chi connectivity index (χ2v) is 4.95. The van der Waals surface area contributed by atoms with Crippen LogP contribution in [-0.2, 0) is 6.42 Å². The van der Waals surface area contributed by atoms with E-state index in [1.165, 1.54) is 24.1 Å². The van der Waals surface area contributed by atoms with Crippen molar-refractivity contribution in [2.24, 2.45) is 5.73 Å². The molecule has 0 radical (unpaired) electrons. The fourth-order valence-corrected chi connectivity index (χ4v) is 2.43. The maximum Gasteiger partial charge on any atom is 0.0508 e. The van der Waals surface area contributed by atoms with E-state index in [4.69, 9.17) is 5.73 Å². The van der Waals surface area contributed by atoms with Crippen molar-refractivity contribution in [1.29, 1.82) is 0 Å². The fourth-order valence-electron chi connectivity index (χ4n) is 1.70. The Hall–Kier alpha value is -0.540. The third-order valence-electron chi connectivity index (χ3n) is 2.70. The zero-order valence-electron chi connectivity index (χ0n) is 10.2. The normalized spacial score (nSPS) is 10.5. The van der Waals surface area contributed by atoms with E-state index in [1.54, 1.807) is 0 Å². The van der Waals surface area contributed by atoms with Crippen LogP contribution in [0, 0.1) is 0 Å². The average Bonchev–Trinajstić information content (AvgIpc) is 2.26. The van der Waals surface area contributed by atoms with Crippen molar-refractivity contribution in [1.82, 2.24) is 0 Å². The van der Waals surface area contributed by atoms with Gasteiger partial charge in [0.05, 0.1) is 5.69 Å². The largest absolute Gasteiger partial charge is 0.374 e. The first-order valence-corrected chi connectivity index (χ1v) is 6.68. The summed E-state index contributed by atoms with van der Waals surface area (Å²) in [6, 6.07) is 6.50. The third kappa shape index (κ3) is 3.80. The SMILES string of the molecule is CCCCN(C)c1ccc(CCN)cc1Br. The summed E-state index contributed by atoms with van der Waals surface area (Å²) in [7, 11) is 2.14. The molecule has 0 bridgehead atoms. The lowest BCUT2D eigenvalue weighted by atomic mass is 10.1. The summed E-state index contributed by atoms with van der Waals surface area (Å²) in [6.45, 7) is 4.02. The minimum absolute atomic E-state index is 0.706. The van der Waals surface area contributed by atoms with Gasteiger partial charge in [0.25, 0.3) is 0 Å². The molecule has 90 valence electrons. The van der Waals surface area contributed by atoms with E-state index < -0.39 is 0 Å². The molecule has 3 heteroatoms. The van der Waals surface area contributed by atoms with E-state index in [0.29, 0.717) is 6.54 Å². The number of benzene rings is 1. The van der Waals surface area contributed by atoms with Crippen LogP contribution < -0.4 is 10.6 Å². The second-order valence-electron chi connectivity index (χ2n) is 4.10. The molecule has 1 aromatic carbocycles. The zero-order chi connectivity index (χ0) is 12.0. The molecule has 16 heavy (non-hydrogen) atoms. The second kappa shape index (κ2) is 6.92. The van der Waals surface area contributed by atoms with Gasteiger partial charge >= 0.3 is 0 Å². The van der Waals surface area contributed by atoms with E-state index in [2.05, 4.69) is 53.0 Å². The van der Waals surface area contributed by atoms with E-state index in [9.17, 15) is 0 Å². The van der Waals surface area contributed by atoms with Gasteiger partial charge in [-0.3, -0.25) is 0 Å². The van der Waals surface area contributed by atoms with Crippen molar-refractivity contribution in [3.05, 3.63) is 28.2 Å². The molecule has 0 spiro atoms. The zero-order valence-corrected chi connectivity index (χ0v) is 11.8. The van der Waals surface area contributed by atoms with E-state index in [0.717, 1.165) is 17.4 Å². The van der Waals surface area contributed by atoms with Gasteiger partial charge in [-0.05, 0) is 53.0 Å². The molecule has 2 nitrogen and oxygen atoms in total. The summed E-state index contributed by atoms with van der Waals surface area (Å²) in [6.07, 6.45) is 3.40. The van der Waals surface area contributed by atoms with Crippen molar-refractivity contribution in [3.8, 4) is 0 Å². The van der Waals surface area contributed by atoms with Gasteiger partial charge in [-0.1, -0.05) is 19.4 Å². The summed E-state index contributed by atoms with van der Waals surface area (Å²) in [5.74, 6) is 0. The number of unbranched alkanes of at least 4 members (excludes halogenated alkanes) is 1. The van der Waals surface area contributed by atoms with Crippen LogP contribution in [0.4, 0.5) is 5.69 Å². The molecule has 0 saturated carbocycles. The molecule has 0 fully saturated rings. The quantitative estimate of drug-likeness (QED) is 0.869. The third-order valence-corrected chi connectivity index (χ3v) is 3.34. The Bertz CT molecular complexity index is 326. The molecule has 0 atom stereocenters. The Morgan fingerprint density at radius 2 is 2.12 bits per heavy atom. The number of anilines is 1. The maximum absolute atomic E-state index is 5.55. The number of hydrogen-bond donors (Lipinski definition) is 1. The molecular formula is C13H21BrN2. The van der Waals surface area contributed by atoms with Crippen LogP contribution in [0.1, 0.15) is 25.3 Å². The number of nitrogens with zero attached hydrogens (tertiary/aromatic N) is 1. The van der Waals surface area contributed by atoms with Crippen LogP contribution in [0.15, 0.2) is 22.7 Å². The first-order valence-electron chi connectivity index (χ1n) is 5.88.